The number of nitrogens with zero attached hydrogens (tertiary/aromatic N) is 4. The van der Waals surface area contributed by atoms with E-state index < -0.39 is 0 Å². The molecule has 1 aromatic carbocycles. The molecule has 108 valence electrons. The van der Waals surface area contributed by atoms with Gasteiger partial charge in [0.1, 0.15) is 5.75 Å². The summed E-state index contributed by atoms with van der Waals surface area (Å²) in [6.45, 7) is 6.49. The molecule has 0 spiro atoms. The Morgan fingerprint density at radius 3 is 2.80 bits per heavy atom. The molecule has 0 radical (unpaired) electrons. The van der Waals surface area contributed by atoms with Gasteiger partial charge in [-0.2, -0.15) is 4.80 Å². The highest BCUT2D eigenvalue weighted by atomic mass is 16.5. The lowest BCUT2D eigenvalue weighted by molar-refractivity contribution is 0.291. The summed E-state index contributed by atoms with van der Waals surface area (Å²) in [5, 5.41) is 15.2. The van der Waals surface area contributed by atoms with Crippen molar-refractivity contribution in [1.82, 2.24) is 25.5 Å². The van der Waals surface area contributed by atoms with Crippen LogP contribution in [-0.2, 0) is 20.2 Å². The predicted molar refractivity (Wildman–Crippen MR) is 76.1 cm³/mol. The molecule has 0 aliphatic heterocycles. The largest absolute Gasteiger partial charge is 0.485 e. The number of ether oxygens (including phenoxy) is 1. The first-order chi connectivity index (χ1) is 9.65. The van der Waals surface area contributed by atoms with Gasteiger partial charge in [-0.25, -0.2) is 0 Å². The van der Waals surface area contributed by atoms with Gasteiger partial charge in [-0.15, -0.1) is 10.2 Å². The molecule has 1 N–H and O–H groups in total. The van der Waals surface area contributed by atoms with E-state index in [1.165, 1.54) is 4.80 Å². The van der Waals surface area contributed by atoms with E-state index in [1.807, 2.05) is 18.2 Å². The minimum Gasteiger partial charge on any atom is -0.485 e. The number of aryl methyl sites for hydroxylation is 1. The summed E-state index contributed by atoms with van der Waals surface area (Å²) < 4.78 is 5.78. The lowest BCUT2D eigenvalue weighted by atomic mass is 10.2. The molecular weight excluding hydrogens is 254 g/mol. The number of benzene rings is 1. The van der Waals surface area contributed by atoms with Crippen LogP contribution in [0.5, 0.6) is 5.75 Å². The van der Waals surface area contributed by atoms with Crippen molar-refractivity contribution in [1.29, 1.82) is 0 Å². The predicted octanol–water partition coefficient (Wildman–Crippen LogP) is 1.53. The highest BCUT2D eigenvalue weighted by Gasteiger charge is 2.06. The van der Waals surface area contributed by atoms with Gasteiger partial charge in [-0.3, -0.25) is 0 Å². The van der Waals surface area contributed by atoms with E-state index in [0.717, 1.165) is 24.4 Å². The Morgan fingerprint density at radius 1 is 1.30 bits per heavy atom. The molecular formula is C14H21N5O. The maximum Gasteiger partial charge on any atom is 0.212 e. The zero-order valence-corrected chi connectivity index (χ0v) is 12.2. The Morgan fingerprint density at radius 2 is 2.10 bits per heavy atom. The zero-order valence-electron chi connectivity index (χ0n) is 12.2. The third-order valence-electron chi connectivity index (χ3n) is 2.75. The number of rotatable bonds is 7. The Labute approximate surface area is 119 Å². The molecule has 1 heterocycles. The van der Waals surface area contributed by atoms with E-state index in [4.69, 9.17) is 4.74 Å². The Kier molecular flexibility index (Phi) is 5.06. The van der Waals surface area contributed by atoms with Gasteiger partial charge >= 0.3 is 0 Å². The van der Waals surface area contributed by atoms with Gasteiger partial charge in [-0.1, -0.05) is 32.0 Å². The third kappa shape index (κ3) is 4.31. The van der Waals surface area contributed by atoms with Gasteiger partial charge in [0.2, 0.25) is 5.82 Å². The lowest BCUT2D eigenvalue weighted by Crippen LogP contribution is -2.19. The summed E-state index contributed by atoms with van der Waals surface area (Å²) in [6, 6.07) is 8.00. The van der Waals surface area contributed by atoms with Gasteiger partial charge in [0.15, 0.2) is 6.61 Å². The van der Waals surface area contributed by atoms with E-state index in [0.29, 0.717) is 18.3 Å². The van der Waals surface area contributed by atoms with Crippen LogP contribution in [-0.4, -0.2) is 26.8 Å². The fourth-order valence-electron chi connectivity index (χ4n) is 1.81. The van der Waals surface area contributed by atoms with Crippen LogP contribution < -0.4 is 10.1 Å². The van der Waals surface area contributed by atoms with E-state index in [1.54, 1.807) is 7.05 Å². The van der Waals surface area contributed by atoms with Gasteiger partial charge in [0, 0.05) is 12.1 Å². The van der Waals surface area contributed by atoms with Crippen molar-refractivity contribution in [2.24, 2.45) is 13.0 Å². The topological polar surface area (TPSA) is 64.9 Å². The maximum atomic E-state index is 5.78. The summed E-state index contributed by atoms with van der Waals surface area (Å²) in [5.41, 5.74) is 1.14. The lowest BCUT2D eigenvalue weighted by Gasteiger charge is -2.12. The monoisotopic (exact) mass is 275 g/mol. The van der Waals surface area contributed by atoms with Gasteiger partial charge in [-0.05, 0) is 23.7 Å². The molecule has 0 saturated carbocycles. The summed E-state index contributed by atoms with van der Waals surface area (Å²) >= 11 is 0. The van der Waals surface area contributed by atoms with E-state index >= 15 is 0 Å². The van der Waals surface area contributed by atoms with Gasteiger partial charge in [0.05, 0.1) is 7.05 Å². The van der Waals surface area contributed by atoms with Crippen LogP contribution in [0.15, 0.2) is 24.3 Å². The number of nitrogens with one attached hydrogen (secondary N) is 1. The van der Waals surface area contributed by atoms with Crippen LogP contribution in [0.4, 0.5) is 0 Å². The number of hydrogen-bond acceptors (Lipinski definition) is 5. The molecule has 2 aromatic rings. The van der Waals surface area contributed by atoms with Crippen molar-refractivity contribution in [3.63, 3.8) is 0 Å². The number of para-hydroxylation sites is 1. The molecule has 0 amide bonds. The van der Waals surface area contributed by atoms with Crippen LogP contribution in [0, 0.1) is 5.92 Å². The van der Waals surface area contributed by atoms with E-state index in [9.17, 15) is 0 Å². The SMILES string of the molecule is CC(C)CNCc1ccccc1OCc1nnn(C)n1. The molecule has 2 rings (SSSR count). The van der Waals surface area contributed by atoms with E-state index in [-0.39, 0.29) is 0 Å². The first-order valence-electron chi connectivity index (χ1n) is 6.79. The first kappa shape index (κ1) is 14.5. The minimum atomic E-state index is 0.328. The second kappa shape index (κ2) is 7.00. The Balaban J connectivity index is 1.93. The maximum absolute atomic E-state index is 5.78. The van der Waals surface area contributed by atoms with Crippen LogP contribution in [0.3, 0.4) is 0 Å². The van der Waals surface area contributed by atoms with Crippen molar-refractivity contribution in [2.45, 2.75) is 27.0 Å². The van der Waals surface area contributed by atoms with Crippen LogP contribution in [0.25, 0.3) is 0 Å². The van der Waals surface area contributed by atoms with Crippen molar-refractivity contribution in [3.05, 3.63) is 35.7 Å². The number of hydrogen-bond donors (Lipinski definition) is 1. The minimum absolute atomic E-state index is 0.328. The molecule has 20 heavy (non-hydrogen) atoms. The van der Waals surface area contributed by atoms with Crippen molar-refractivity contribution >= 4 is 0 Å². The fraction of sp³-hybridized carbons (Fsp3) is 0.500. The zero-order chi connectivity index (χ0) is 14.4. The average molecular weight is 275 g/mol. The highest BCUT2D eigenvalue weighted by molar-refractivity contribution is 5.33. The molecule has 0 aliphatic rings. The van der Waals surface area contributed by atoms with Gasteiger partial charge in [0.25, 0.3) is 0 Å². The van der Waals surface area contributed by atoms with Crippen molar-refractivity contribution < 1.29 is 4.74 Å². The van der Waals surface area contributed by atoms with Crippen molar-refractivity contribution in [2.75, 3.05) is 6.54 Å². The second-order valence-corrected chi connectivity index (χ2v) is 5.12. The summed E-state index contributed by atoms with van der Waals surface area (Å²) in [7, 11) is 1.74. The standard InChI is InChI=1S/C14H21N5O/c1-11(2)8-15-9-12-6-4-5-7-13(12)20-10-14-16-18-19(3)17-14/h4-7,11,15H,8-10H2,1-3H3. The summed E-state index contributed by atoms with van der Waals surface area (Å²) in [6.07, 6.45) is 0. The first-order valence-corrected chi connectivity index (χ1v) is 6.79. The van der Waals surface area contributed by atoms with Crippen molar-refractivity contribution in [3.8, 4) is 5.75 Å². The normalized spacial score (nSPS) is 11.0. The molecule has 0 atom stereocenters. The molecule has 0 unspecified atom stereocenters. The molecule has 0 aliphatic carbocycles. The third-order valence-corrected chi connectivity index (χ3v) is 2.75. The molecule has 0 bridgehead atoms. The Hall–Kier alpha value is -1.95. The van der Waals surface area contributed by atoms with Crippen LogP contribution in [0.2, 0.25) is 0 Å². The van der Waals surface area contributed by atoms with Crippen LogP contribution in [0.1, 0.15) is 25.2 Å². The highest BCUT2D eigenvalue weighted by Crippen LogP contribution is 2.18. The summed E-state index contributed by atoms with van der Waals surface area (Å²) in [4.78, 5) is 1.43. The van der Waals surface area contributed by atoms with E-state index in [2.05, 4.69) is 40.6 Å². The molecule has 6 nitrogen and oxygen atoms in total. The molecule has 0 saturated heterocycles. The average Bonchev–Trinajstić information content (AvgIpc) is 2.83. The second-order valence-electron chi connectivity index (χ2n) is 5.12. The smallest absolute Gasteiger partial charge is 0.212 e. The summed E-state index contributed by atoms with van der Waals surface area (Å²) in [5.74, 6) is 2.07. The molecule has 1 aromatic heterocycles. The fourth-order valence-corrected chi connectivity index (χ4v) is 1.81. The Bertz CT molecular complexity index is 538. The number of tetrazole rings is 1. The quantitative estimate of drug-likeness (QED) is 0.830. The number of aromatic nitrogens is 4. The molecule has 6 heteroatoms. The molecule has 0 fully saturated rings. The van der Waals surface area contributed by atoms with Crippen LogP contribution >= 0.6 is 0 Å². The van der Waals surface area contributed by atoms with Gasteiger partial charge < -0.3 is 10.1 Å².